The zero-order valence-corrected chi connectivity index (χ0v) is 15.7. The van der Waals surface area contributed by atoms with E-state index in [1.807, 2.05) is 24.3 Å². The standard InChI is InChI=1S/C20H20N4O4/c1-26-15-7-4-13(5-8-15)19-22-20(24-23-19)21-18(25)11-6-14-12-16(27-2)9-10-17(14)28-3/h4-12H,1-3H3,(H2,21,22,23,24,25)/b11-6+. The summed E-state index contributed by atoms with van der Waals surface area (Å²) < 4.78 is 15.6. The van der Waals surface area contributed by atoms with Gasteiger partial charge in [0.05, 0.1) is 21.3 Å². The molecule has 0 aliphatic heterocycles. The van der Waals surface area contributed by atoms with Gasteiger partial charge in [0.25, 0.3) is 5.91 Å². The van der Waals surface area contributed by atoms with Crippen LogP contribution in [0, 0.1) is 0 Å². The molecule has 1 aromatic heterocycles. The summed E-state index contributed by atoms with van der Waals surface area (Å²) in [7, 11) is 4.74. The molecule has 0 saturated carbocycles. The number of aromatic amines is 1. The maximum Gasteiger partial charge on any atom is 0.250 e. The van der Waals surface area contributed by atoms with Gasteiger partial charge < -0.3 is 14.2 Å². The summed E-state index contributed by atoms with van der Waals surface area (Å²) in [6.45, 7) is 0. The fraction of sp³-hybridized carbons (Fsp3) is 0.150. The molecular weight excluding hydrogens is 360 g/mol. The van der Waals surface area contributed by atoms with Crippen LogP contribution >= 0.6 is 0 Å². The first kappa shape index (κ1) is 19.0. The lowest BCUT2D eigenvalue weighted by atomic mass is 10.1. The molecule has 0 bridgehead atoms. The van der Waals surface area contributed by atoms with Crippen molar-refractivity contribution in [1.82, 2.24) is 15.2 Å². The number of benzene rings is 2. The molecule has 1 heterocycles. The highest BCUT2D eigenvalue weighted by atomic mass is 16.5. The van der Waals surface area contributed by atoms with Crippen LogP contribution in [0.1, 0.15) is 5.56 Å². The van der Waals surface area contributed by atoms with Gasteiger partial charge in [0.1, 0.15) is 17.2 Å². The van der Waals surface area contributed by atoms with Crippen LogP contribution in [0.3, 0.4) is 0 Å². The predicted octanol–water partition coefficient (Wildman–Crippen LogP) is 3.15. The molecular formula is C20H20N4O4. The predicted molar refractivity (Wildman–Crippen MR) is 106 cm³/mol. The van der Waals surface area contributed by atoms with Gasteiger partial charge in [-0.1, -0.05) is 0 Å². The van der Waals surface area contributed by atoms with Crippen molar-refractivity contribution in [2.24, 2.45) is 0 Å². The van der Waals surface area contributed by atoms with Crippen molar-refractivity contribution in [1.29, 1.82) is 0 Å². The van der Waals surface area contributed by atoms with Crippen LogP contribution < -0.4 is 19.5 Å². The summed E-state index contributed by atoms with van der Waals surface area (Å²) in [5.74, 6) is 2.39. The van der Waals surface area contributed by atoms with E-state index in [1.165, 1.54) is 6.08 Å². The minimum absolute atomic E-state index is 0.179. The van der Waals surface area contributed by atoms with Crippen molar-refractivity contribution < 1.29 is 19.0 Å². The normalized spacial score (nSPS) is 10.7. The molecule has 0 unspecified atom stereocenters. The van der Waals surface area contributed by atoms with Crippen molar-refractivity contribution in [2.45, 2.75) is 0 Å². The average molecular weight is 380 g/mol. The molecule has 0 aliphatic rings. The maximum atomic E-state index is 12.2. The SMILES string of the molecule is COc1ccc(-c2nc(NC(=O)/C=C/c3cc(OC)ccc3OC)n[nH]2)cc1. The molecule has 8 heteroatoms. The first-order chi connectivity index (χ1) is 13.6. The molecule has 0 radical (unpaired) electrons. The molecule has 0 atom stereocenters. The van der Waals surface area contributed by atoms with E-state index in [0.717, 1.165) is 11.3 Å². The lowest BCUT2D eigenvalue weighted by Crippen LogP contribution is -2.09. The highest BCUT2D eigenvalue weighted by Crippen LogP contribution is 2.25. The number of ether oxygens (including phenoxy) is 3. The van der Waals surface area contributed by atoms with E-state index in [4.69, 9.17) is 14.2 Å². The number of rotatable bonds is 7. The minimum atomic E-state index is -0.370. The molecule has 8 nitrogen and oxygen atoms in total. The van der Waals surface area contributed by atoms with Gasteiger partial charge in [0, 0.05) is 17.2 Å². The number of hydrogen-bond acceptors (Lipinski definition) is 6. The molecule has 3 rings (SSSR count). The molecule has 0 spiro atoms. The monoisotopic (exact) mass is 380 g/mol. The van der Waals surface area contributed by atoms with Crippen LogP contribution in [-0.2, 0) is 4.79 Å². The number of amides is 1. The van der Waals surface area contributed by atoms with Gasteiger partial charge in [-0.3, -0.25) is 15.2 Å². The number of aromatic nitrogens is 3. The van der Waals surface area contributed by atoms with Gasteiger partial charge in [0.2, 0.25) is 5.95 Å². The third-order valence-corrected chi connectivity index (χ3v) is 3.94. The van der Waals surface area contributed by atoms with Crippen molar-refractivity contribution in [3.05, 3.63) is 54.1 Å². The summed E-state index contributed by atoms with van der Waals surface area (Å²) in [5.41, 5.74) is 1.54. The fourth-order valence-corrected chi connectivity index (χ4v) is 2.48. The van der Waals surface area contributed by atoms with Gasteiger partial charge in [-0.25, -0.2) is 0 Å². The number of hydrogen-bond donors (Lipinski definition) is 2. The second-order valence-electron chi connectivity index (χ2n) is 5.67. The number of carbonyl (C=O) groups excluding carboxylic acids is 1. The van der Waals surface area contributed by atoms with Crippen LogP contribution in [0.4, 0.5) is 5.95 Å². The minimum Gasteiger partial charge on any atom is -0.497 e. The molecule has 1 amide bonds. The average Bonchev–Trinajstić information content (AvgIpc) is 3.20. The Morgan fingerprint density at radius 1 is 1.00 bits per heavy atom. The highest BCUT2D eigenvalue weighted by Gasteiger charge is 2.08. The Bertz CT molecular complexity index is 980. The first-order valence-electron chi connectivity index (χ1n) is 8.41. The summed E-state index contributed by atoms with van der Waals surface area (Å²) in [6.07, 6.45) is 3.01. The van der Waals surface area contributed by atoms with Crippen molar-refractivity contribution in [3.63, 3.8) is 0 Å². The van der Waals surface area contributed by atoms with E-state index in [9.17, 15) is 4.79 Å². The second kappa shape index (κ2) is 8.72. The second-order valence-corrected chi connectivity index (χ2v) is 5.67. The van der Waals surface area contributed by atoms with E-state index >= 15 is 0 Å². The first-order valence-corrected chi connectivity index (χ1v) is 8.41. The van der Waals surface area contributed by atoms with Crippen LogP contribution in [-0.4, -0.2) is 42.4 Å². The Morgan fingerprint density at radius 3 is 2.39 bits per heavy atom. The van der Waals surface area contributed by atoms with Crippen molar-refractivity contribution >= 4 is 17.9 Å². The Labute approximate surface area is 162 Å². The molecule has 2 aromatic carbocycles. The Morgan fingerprint density at radius 2 is 1.71 bits per heavy atom. The maximum absolute atomic E-state index is 12.2. The highest BCUT2D eigenvalue weighted by molar-refractivity contribution is 6.01. The zero-order valence-electron chi connectivity index (χ0n) is 15.7. The van der Waals surface area contributed by atoms with Crippen molar-refractivity contribution in [3.8, 4) is 28.6 Å². The molecule has 0 saturated heterocycles. The number of nitrogens with zero attached hydrogens (tertiary/aromatic N) is 2. The van der Waals surface area contributed by atoms with Gasteiger partial charge in [-0.05, 0) is 48.5 Å². The van der Waals surface area contributed by atoms with E-state index in [1.54, 1.807) is 45.6 Å². The molecule has 0 aliphatic carbocycles. The number of nitrogens with one attached hydrogen (secondary N) is 2. The largest absolute Gasteiger partial charge is 0.497 e. The number of H-pyrrole nitrogens is 1. The lowest BCUT2D eigenvalue weighted by molar-refractivity contribution is -0.111. The molecule has 3 aromatic rings. The van der Waals surface area contributed by atoms with Crippen LogP contribution in [0.2, 0.25) is 0 Å². The molecule has 144 valence electrons. The lowest BCUT2D eigenvalue weighted by Gasteiger charge is -2.07. The van der Waals surface area contributed by atoms with Gasteiger partial charge in [0.15, 0.2) is 5.82 Å². The van der Waals surface area contributed by atoms with Gasteiger partial charge in [-0.2, -0.15) is 4.98 Å². The van der Waals surface area contributed by atoms with E-state index in [2.05, 4.69) is 20.5 Å². The van der Waals surface area contributed by atoms with Crippen molar-refractivity contribution in [2.75, 3.05) is 26.6 Å². The summed E-state index contributed by atoms with van der Waals surface area (Å²) in [4.78, 5) is 16.5. The van der Waals surface area contributed by atoms with E-state index in [0.29, 0.717) is 22.9 Å². The number of anilines is 1. The van der Waals surface area contributed by atoms with E-state index < -0.39 is 0 Å². The van der Waals surface area contributed by atoms with Crippen LogP contribution in [0.5, 0.6) is 17.2 Å². The Balaban J connectivity index is 1.68. The topological polar surface area (TPSA) is 98.4 Å². The fourth-order valence-electron chi connectivity index (χ4n) is 2.48. The third kappa shape index (κ3) is 4.47. The summed E-state index contributed by atoms with van der Waals surface area (Å²) >= 11 is 0. The quantitative estimate of drug-likeness (QED) is 0.611. The number of methoxy groups -OCH3 is 3. The molecule has 28 heavy (non-hydrogen) atoms. The smallest absolute Gasteiger partial charge is 0.250 e. The Kier molecular flexibility index (Phi) is 5.91. The molecule has 2 N–H and O–H groups in total. The number of carbonyl (C=O) groups is 1. The zero-order chi connectivity index (χ0) is 19.9. The van der Waals surface area contributed by atoms with Crippen LogP contribution in [0.15, 0.2) is 48.5 Å². The van der Waals surface area contributed by atoms with Gasteiger partial charge >= 0.3 is 0 Å². The van der Waals surface area contributed by atoms with Gasteiger partial charge in [-0.15, -0.1) is 5.10 Å². The summed E-state index contributed by atoms with van der Waals surface area (Å²) in [5, 5.41) is 9.42. The Hall–Kier alpha value is -3.81. The van der Waals surface area contributed by atoms with Crippen LogP contribution in [0.25, 0.3) is 17.5 Å². The molecule has 0 fully saturated rings. The third-order valence-electron chi connectivity index (χ3n) is 3.94. The van der Waals surface area contributed by atoms with E-state index in [-0.39, 0.29) is 11.9 Å². The summed E-state index contributed by atoms with van der Waals surface area (Å²) in [6, 6.07) is 12.7.